The highest BCUT2D eigenvalue weighted by atomic mass is 16.6. The van der Waals surface area contributed by atoms with Crippen LogP contribution in [0.2, 0.25) is 0 Å². The van der Waals surface area contributed by atoms with E-state index in [1.165, 1.54) is 24.4 Å². The number of Topliss-reactive ketones (excluding diaryl/α,β-unsaturated/α-hetero) is 1. The van der Waals surface area contributed by atoms with E-state index in [0.29, 0.717) is 10.9 Å². The number of rotatable bonds is 4. The highest BCUT2D eigenvalue weighted by Gasteiger charge is 2.21. The molecule has 7 heteroatoms. The second-order valence-electron chi connectivity index (χ2n) is 3.74. The summed E-state index contributed by atoms with van der Waals surface area (Å²) in [5.41, 5.74) is 0.467. The lowest BCUT2D eigenvalue weighted by Crippen LogP contribution is -2.17. The van der Waals surface area contributed by atoms with E-state index in [0.717, 1.165) is 0 Å². The molecule has 0 unspecified atom stereocenters. The zero-order chi connectivity index (χ0) is 14.0. The van der Waals surface area contributed by atoms with Crippen LogP contribution in [0.3, 0.4) is 0 Å². The summed E-state index contributed by atoms with van der Waals surface area (Å²) in [6, 6.07) is 4.01. The first-order chi connectivity index (χ1) is 9.04. The van der Waals surface area contributed by atoms with Crippen LogP contribution in [0.15, 0.2) is 24.4 Å². The lowest BCUT2D eigenvalue weighted by Gasteiger charge is -1.99. The van der Waals surface area contributed by atoms with Crippen LogP contribution < -0.4 is 0 Å². The maximum Gasteiger partial charge on any atom is 0.379 e. The van der Waals surface area contributed by atoms with Crippen LogP contribution in [0.4, 0.5) is 5.69 Å². The third-order valence-corrected chi connectivity index (χ3v) is 2.58. The van der Waals surface area contributed by atoms with E-state index in [9.17, 15) is 19.7 Å². The van der Waals surface area contributed by atoms with E-state index in [4.69, 9.17) is 0 Å². The third kappa shape index (κ3) is 2.30. The first kappa shape index (κ1) is 12.7. The summed E-state index contributed by atoms with van der Waals surface area (Å²) in [5, 5.41) is 11.1. The monoisotopic (exact) mass is 262 g/mol. The second-order valence-corrected chi connectivity index (χ2v) is 3.74. The number of ether oxygens (including phenoxy) is 1. The van der Waals surface area contributed by atoms with Crippen molar-refractivity contribution in [3.8, 4) is 0 Å². The SMILES string of the molecule is CCOC(=O)C(=O)c1c[nH]c2cc([N+](=O)[O-])ccc12. The molecule has 2 rings (SSSR count). The van der Waals surface area contributed by atoms with Gasteiger partial charge in [0.15, 0.2) is 0 Å². The number of benzene rings is 1. The Hall–Kier alpha value is -2.70. The summed E-state index contributed by atoms with van der Waals surface area (Å²) in [5.74, 6) is -1.72. The van der Waals surface area contributed by atoms with Crippen LogP contribution in [-0.2, 0) is 9.53 Å². The molecule has 1 N–H and O–H groups in total. The molecule has 0 aliphatic heterocycles. The molecule has 0 saturated heterocycles. The molecule has 0 aliphatic rings. The Morgan fingerprint density at radius 2 is 2.16 bits per heavy atom. The van der Waals surface area contributed by atoms with E-state index in [1.807, 2.05) is 0 Å². The Bertz CT molecular complexity index is 674. The van der Waals surface area contributed by atoms with Crippen LogP contribution in [0, 0.1) is 10.1 Å². The first-order valence-corrected chi connectivity index (χ1v) is 5.51. The van der Waals surface area contributed by atoms with E-state index >= 15 is 0 Å². The normalized spacial score (nSPS) is 10.4. The van der Waals surface area contributed by atoms with Crippen LogP contribution in [0.25, 0.3) is 10.9 Å². The summed E-state index contributed by atoms with van der Waals surface area (Å²) in [6.45, 7) is 1.71. The molecule has 0 radical (unpaired) electrons. The lowest BCUT2D eigenvalue weighted by molar-refractivity contribution is -0.384. The summed E-state index contributed by atoms with van der Waals surface area (Å²) in [7, 11) is 0. The van der Waals surface area contributed by atoms with Crippen molar-refractivity contribution in [2.24, 2.45) is 0 Å². The Morgan fingerprint density at radius 3 is 2.79 bits per heavy atom. The van der Waals surface area contributed by atoms with Gasteiger partial charge in [-0.2, -0.15) is 0 Å². The zero-order valence-corrected chi connectivity index (χ0v) is 10.0. The van der Waals surface area contributed by atoms with Gasteiger partial charge in [0.25, 0.3) is 11.5 Å². The van der Waals surface area contributed by atoms with Gasteiger partial charge in [0.05, 0.1) is 22.6 Å². The van der Waals surface area contributed by atoms with Gasteiger partial charge >= 0.3 is 5.97 Å². The number of H-pyrrole nitrogens is 1. The summed E-state index contributed by atoms with van der Waals surface area (Å²) in [6.07, 6.45) is 1.34. The number of non-ortho nitro benzene ring substituents is 1. The van der Waals surface area contributed by atoms with Gasteiger partial charge in [-0.1, -0.05) is 0 Å². The second kappa shape index (κ2) is 4.89. The maximum atomic E-state index is 11.8. The number of aromatic amines is 1. The average Bonchev–Trinajstić information content (AvgIpc) is 2.80. The number of hydrogen-bond acceptors (Lipinski definition) is 5. The molecular formula is C12H10N2O5. The van der Waals surface area contributed by atoms with Gasteiger partial charge in [0.2, 0.25) is 0 Å². The fourth-order valence-electron chi connectivity index (χ4n) is 1.72. The number of fused-ring (bicyclic) bond motifs is 1. The molecule has 0 aliphatic carbocycles. The number of ketones is 1. The molecule has 0 spiro atoms. The van der Waals surface area contributed by atoms with Crippen molar-refractivity contribution < 1.29 is 19.2 Å². The lowest BCUT2D eigenvalue weighted by atomic mass is 10.1. The van der Waals surface area contributed by atoms with Crippen LogP contribution in [0.1, 0.15) is 17.3 Å². The van der Waals surface area contributed by atoms with E-state index in [1.54, 1.807) is 6.92 Å². The number of hydrogen-bond donors (Lipinski definition) is 1. The smallest absolute Gasteiger partial charge is 0.379 e. The molecule has 1 heterocycles. The van der Waals surface area contributed by atoms with Crippen molar-refractivity contribution >= 4 is 28.3 Å². The Kier molecular flexibility index (Phi) is 3.28. The van der Waals surface area contributed by atoms with Crippen molar-refractivity contribution in [2.45, 2.75) is 6.92 Å². The van der Waals surface area contributed by atoms with Crippen molar-refractivity contribution in [1.82, 2.24) is 4.98 Å². The van der Waals surface area contributed by atoms with Gasteiger partial charge < -0.3 is 9.72 Å². The molecule has 0 fully saturated rings. The minimum absolute atomic E-state index is 0.0931. The summed E-state index contributed by atoms with van der Waals surface area (Å²) < 4.78 is 4.63. The van der Waals surface area contributed by atoms with Gasteiger partial charge in [0, 0.05) is 23.7 Å². The molecule has 0 bridgehead atoms. The summed E-state index contributed by atoms with van der Waals surface area (Å²) >= 11 is 0. The largest absolute Gasteiger partial charge is 0.460 e. The van der Waals surface area contributed by atoms with Crippen molar-refractivity contribution in [2.75, 3.05) is 6.61 Å². The van der Waals surface area contributed by atoms with Crippen LogP contribution in [-0.4, -0.2) is 28.3 Å². The minimum atomic E-state index is -0.943. The highest BCUT2D eigenvalue weighted by Crippen LogP contribution is 2.23. The van der Waals surface area contributed by atoms with Gasteiger partial charge in [-0.3, -0.25) is 14.9 Å². The molecule has 2 aromatic rings. The summed E-state index contributed by atoms with van der Waals surface area (Å²) in [4.78, 5) is 36.0. The molecule has 0 atom stereocenters. The van der Waals surface area contributed by atoms with E-state index in [-0.39, 0.29) is 17.9 Å². The molecule has 1 aromatic carbocycles. The molecule has 7 nitrogen and oxygen atoms in total. The van der Waals surface area contributed by atoms with Gasteiger partial charge in [-0.05, 0) is 13.0 Å². The number of aromatic nitrogens is 1. The van der Waals surface area contributed by atoms with Crippen LogP contribution >= 0.6 is 0 Å². The standard InChI is InChI=1S/C12H10N2O5/c1-2-19-12(16)11(15)9-6-13-10-5-7(14(17)18)3-4-8(9)10/h3-6,13H,2H2,1H3. The number of nitro benzene ring substituents is 1. The molecule has 19 heavy (non-hydrogen) atoms. The van der Waals surface area contributed by atoms with E-state index < -0.39 is 16.7 Å². The third-order valence-electron chi connectivity index (χ3n) is 2.58. The Labute approximate surface area is 107 Å². The number of nitrogens with one attached hydrogen (secondary N) is 1. The number of esters is 1. The quantitative estimate of drug-likeness (QED) is 0.297. The van der Waals surface area contributed by atoms with E-state index in [2.05, 4.69) is 9.72 Å². The van der Waals surface area contributed by atoms with Crippen molar-refractivity contribution in [1.29, 1.82) is 0 Å². The number of carbonyl (C=O) groups excluding carboxylic acids is 2. The molecule has 0 saturated carbocycles. The molecule has 1 aromatic heterocycles. The fraction of sp³-hybridized carbons (Fsp3) is 0.167. The zero-order valence-electron chi connectivity index (χ0n) is 10.0. The fourth-order valence-corrected chi connectivity index (χ4v) is 1.72. The van der Waals surface area contributed by atoms with Gasteiger partial charge in [0.1, 0.15) is 0 Å². The number of nitrogens with zero attached hydrogens (tertiary/aromatic N) is 1. The van der Waals surface area contributed by atoms with Gasteiger partial charge in [-0.25, -0.2) is 4.79 Å². The highest BCUT2D eigenvalue weighted by molar-refractivity contribution is 6.43. The molecule has 0 amide bonds. The Balaban J connectivity index is 2.44. The first-order valence-electron chi connectivity index (χ1n) is 5.51. The predicted molar refractivity (Wildman–Crippen MR) is 65.9 cm³/mol. The maximum absolute atomic E-state index is 11.8. The molecule has 98 valence electrons. The molecular weight excluding hydrogens is 252 g/mol. The minimum Gasteiger partial charge on any atom is -0.460 e. The van der Waals surface area contributed by atoms with Crippen LogP contribution in [0.5, 0.6) is 0 Å². The number of nitro groups is 1. The van der Waals surface area contributed by atoms with Gasteiger partial charge in [-0.15, -0.1) is 0 Å². The van der Waals surface area contributed by atoms with Crippen molar-refractivity contribution in [3.63, 3.8) is 0 Å². The predicted octanol–water partition coefficient (Wildman–Crippen LogP) is 1.82. The Morgan fingerprint density at radius 1 is 1.42 bits per heavy atom. The topological polar surface area (TPSA) is 102 Å². The van der Waals surface area contributed by atoms with Crippen molar-refractivity contribution in [3.05, 3.63) is 40.1 Å². The number of carbonyl (C=O) groups is 2. The average molecular weight is 262 g/mol.